The highest BCUT2D eigenvalue weighted by atomic mass is 16.4. The molecule has 1 aromatic carbocycles. The molecule has 0 atom stereocenters. The van der Waals surface area contributed by atoms with E-state index in [1.165, 1.54) is 0 Å². The largest absolute Gasteiger partial charge is 0.478 e. The lowest BCUT2D eigenvalue weighted by molar-refractivity contribution is 0.0699. The highest BCUT2D eigenvalue weighted by Gasteiger charge is 2.12. The van der Waals surface area contributed by atoms with E-state index in [0.717, 1.165) is 11.9 Å². The number of carboxylic acids is 1. The normalized spacial score (nSPS) is 10.9. The van der Waals surface area contributed by atoms with E-state index in [1.807, 2.05) is 26.2 Å². The van der Waals surface area contributed by atoms with Crippen molar-refractivity contribution < 1.29 is 9.90 Å². The number of aromatic nitrogens is 1. The molecule has 5 heteroatoms. The van der Waals surface area contributed by atoms with Crippen LogP contribution >= 0.6 is 0 Å². The monoisotopic (exact) mass is 259 g/mol. The molecule has 0 radical (unpaired) electrons. The fourth-order valence-electron chi connectivity index (χ4n) is 1.94. The van der Waals surface area contributed by atoms with Gasteiger partial charge in [0, 0.05) is 24.7 Å². The molecule has 5 nitrogen and oxygen atoms in total. The molecule has 0 fully saturated rings. The third-order valence-corrected chi connectivity index (χ3v) is 2.87. The van der Waals surface area contributed by atoms with Crippen molar-refractivity contribution in [2.45, 2.75) is 0 Å². The van der Waals surface area contributed by atoms with Crippen molar-refractivity contribution >= 4 is 22.6 Å². The number of benzene rings is 1. The smallest absolute Gasteiger partial charge is 0.336 e. The molecule has 0 unspecified atom stereocenters. The average molecular weight is 259 g/mol. The van der Waals surface area contributed by atoms with Crippen molar-refractivity contribution in [1.29, 1.82) is 0 Å². The Morgan fingerprint density at radius 2 is 2.16 bits per heavy atom. The topological polar surface area (TPSA) is 65.5 Å². The zero-order valence-corrected chi connectivity index (χ0v) is 11.1. The van der Waals surface area contributed by atoms with Crippen LogP contribution in [0.15, 0.2) is 30.5 Å². The van der Waals surface area contributed by atoms with Crippen LogP contribution in [0.1, 0.15) is 10.4 Å². The van der Waals surface area contributed by atoms with Crippen LogP contribution < -0.4 is 5.32 Å². The van der Waals surface area contributed by atoms with Gasteiger partial charge >= 0.3 is 5.97 Å². The van der Waals surface area contributed by atoms with E-state index in [0.29, 0.717) is 17.7 Å². The van der Waals surface area contributed by atoms with Gasteiger partial charge in [0.1, 0.15) is 5.82 Å². The number of likely N-dealkylation sites (N-methyl/N-ethyl adjacent to an activating group) is 1. The molecule has 0 aliphatic rings. The minimum Gasteiger partial charge on any atom is -0.478 e. The summed E-state index contributed by atoms with van der Waals surface area (Å²) in [5.41, 5.74) is 0.276. The summed E-state index contributed by atoms with van der Waals surface area (Å²) < 4.78 is 0. The molecule has 0 saturated heterocycles. The second-order valence-corrected chi connectivity index (χ2v) is 4.60. The van der Waals surface area contributed by atoms with Crippen LogP contribution in [0.2, 0.25) is 0 Å². The lowest BCUT2D eigenvalue weighted by Gasteiger charge is -2.13. The first-order valence-corrected chi connectivity index (χ1v) is 6.09. The third-order valence-electron chi connectivity index (χ3n) is 2.87. The van der Waals surface area contributed by atoms with E-state index < -0.39 is 5.97 Å². The van der Waals surface area contributed by atoms with Gasteiger partial charge in [-0.15, -0.1) is 0 Å². The molecular weight excluding hydrogens is 242 g/mol. The van der Waals surface area contributed by atoms with Crippen LogP contribution in [0, 0.1) is 0 Å². The summed E-state index contributed by atoms with van der Waals surface area (Å²) in [7, 11) is 3.97. The molecule has 0 spiro atoms. The second-order valence-electron chi connectivity index (χ2n) is 4.60. The summed E-state index contributed by atoms with van der Waals surface area (Å²) in [5, 5.41) is 14.0. The molecule has 1 aromatic heterocycles. The number of nitrogens with one attached hydrogen (secondary N) is 1. The first-order valence-electron chi connectivity index (χ1n) is 6.09. The summed E-state index contributed by atoms with van der Waals surface area (Å²) >= 11 is 0. The van der Waals surface area contributed by atoms with Gasteiger partial charge in [-0.3, -0.25) is 0 Å². The molecule has 100 valence electrons. The van der Waals surface area contributed by atoms with Crippen molar-refractivity contribution in [2.75, 3.05) is 32.5 Å². The summed E-state index contributed by atoms with van der Waals surface area (Å²) in [6, 6.07) is 7.05. The van der Waals surface area contributed by atoms with Gasteiger partial charge in [-0.05, 0) is 31.6 Å². The molecule has 0 aliphatic heterocycles. The average Bonchev–Trinajstić information content (AvgIpc) is 2.37. The lowest BCUT2D eigenvalue weighted by atomic mass is 10.1. The molecule has 0 amide bonds. The highest BCUT2D eigenvalue weighted by molar-refractivity contribution is 6.08. The van der Waals surface area contributed by atoms with Gasteiger partial charge in [0.05, 0.1) is 5.56 Å². The number of fused-ring (bicyclic) bond motifs is 1. The van der Waals surface area contributed by atoms with E-state index in [4.69, 9.17) is 0 Å². The van der Waals surface area contributed by atoms with Crippen molar-refractivity contribution in [3.05, 3.63) is 36.0 Å². The van der Waals surface area contributed by atoms with Crippen LogP contribution in [0.25, 0.3) is 10.8 Å². The number of rotatable bonds is 5. The Balaban J connectivity index is 2.40. The molecule has 2 N–H and O–H groups in total. The van der Waals surface area contributed by atoms with Crippen molar-refractivity contribution in [2.24, 2.45) is 0 Å². The minimum atomic E-state index is -0.936. The van der Waals surface area contributed by atoms with E-state index in [1.54, 1.807) is 18.3 Å². The number of hydrogen-bond acceptors (Lipinski definition) is 4. The Labute approximate surface area is 111 Å². The molecule has 0 bridgehead atoms. The van der Waals surface area contributed by atoms with Gasteiger partial charge < -0.3 is 15.3 Å². The maximum absolute atomic E-state index is 11.3. The number of hydrogen-bond donors (Lipinski definition) is 2. The summed E-state index contributed by atoms with van der Waals surface area (Å²) in [5.74, 6) is -0.313. The zero-order chi connectivity index (χ0) is 13.8. The summed E-state index contributed by atoms with van der Waals surface area (Å²) in [6.07, 6.45) is 1.69. The van der Waals surface area contributed by atoms with Crippen molar-refractivity contribution in [3.63, 3.8) is 0 Å². The first kappa shape index (κ1) is 13.3. The Hall–Kier alpha value is -2.14. The first-order chi connectivity index (χ1) is 9.09. The van der Waals surface area contributed by atoms with Crippen LogP contribution in [-0.4, -0.2) is 48.1 Å². The fraction of sp³-hybridized carbons (Fsp3) is 0.286. The number of carbonyl (C=O) groups is 1. The van der Waals surface area contributed by atoms with Gasteiger partial charge in [-0.2, -0.15) is 0 Å². The SMILES string of the molecule is CN(C)CCNc1nccc2cccc(C(=O)O)c12. The Kier molecular flexibility index (Phi) is 3.97. The van der Waals surface area contributed by atoms with Gasteiger partial charge in [-0.1, -0.05) is 12.1 Å². The maximum atomic E-state index is 11.3. The van der Waals surface area contributed by atoms with E-state index in [-0.39, 0.29) is 5.56 Å². The van der Waals surface area contributed by atoms with Crippen LogP contribution in [0.4, 0.5) is 5.82 Å². The Morgan fingerprint density at radius 1 is 1.37 bits per heavy atom. The second kappa shape index (κ2) is 5.67. The van der Waals surface area contributed by atoms with Crippen molar-refractivity contribution in [1.82, 2.24) is 9.88 Å². The number of nitrogens with zero attached hydrogens (tertiary/aromatic N) is 2. The van der Waals surface area contributed by atoms with Gasteiger partial charge in [0.15, 0.2) is 0 Å². The minimum absolute atomic E-state index is 0.276. The zero-order valence-electron chi connectivity index (χ0n) is 11.1. The maximum Gasteiger partial charge on any atom is 0.336 e. The van der Waals surface area contributed by atoms with Gasteiger partial charge in [-0.25, -0.2) is 9.78 Å². The van der Waals surface area contributed by atoms with E-state index >= 15 is 0 Å². The fourth-order valence-corrected chi connectivity index (χ4v) is 1.94. The number of pyridine rings is 1. The Morgan fingerprint density at radius 3 is 2.84 bits per heavy atom. The molecule has 0 saturated carbocycles. The van der Waals surface area contributed by atoms with Gasteiger partial charge in [0.25, 0.3) is 0 Å². The lowest BCUT2D eigenvalue weighted by Crippen LogP contribution is -2.21. The van der Waals surface area contributed by atoms with Crippen molar-refractivity contribution in [3.8, 4) is 0 Å². The van der Waals surface area contributed by atoms with Gasteiger partial charge in [0.2, 0.25) is 0 Å². The highest BCUT2D eigenvalue weighted by Crippen LogP contribution is 2.25. The van der Waals surface area contributed by atoms with E-state index in [9.17, 15) is 9.90 Å². The van der Waals surface area contributed by atoms with Crippen LogP contribution in [0.5, 0.6) is 0 Å². The predicted octanol–water partition coefficient (Wildman–Crippen LogP) is 1.91. The molecule has 19 heavy (non-hydrogen) atoms. The quantitative estimate of drug-likeness (QED) is 0.858. The number of carboxylic acid groups (broad SMARTS) is 1. The molecule has 0 aliphatic carbocycles. The van der Waals surface area contributed by atoms with Crippen LogP contribution in [0.3, 0.4) is 0 Å². The molecule has 2 rings (SSSR count). The number of anilines is 1. The third kappa shape index (κ3) is 3.00. The Bertz CT molecular complexity index is 591. The molecule has 2 aromatic rings. The summed E-state index contributed by atoms with van der Waals surface area (Å²) in [4.78, 5) is 17.6. The van der Waals surface area contributed by atoms with Crippen LogP contribution in [-0.2, 0) is 0 Å². The molecule has 1 heterocycles. The molecular formula is C14H17N3O2. The predicted molar refractivity (Wildman–Crippen MR) is 75.7 cm³/mol. The summed E-state index contributed by atoms with van der Waals surface area (Å²) in [6.45, 7) is 1.57. The standard InChI is InChI=1S/C14H17N3O2/c1-17(2)9-8-16-13-12-10(6-7-15-13)4-3-5-11(12)14(18)19/h3-7H,8-9H2,1-2H3,(H,15,16)(H,18,19). The number of aromatic carboxylic acids is 1. The van der Waals surface area contributed by atoms with E-state index in [2.05, 4.69) is 15.2 Å².